The zero-order valence-corrected chi connectivity index (χ0v) is 12.6. The first kappa shape index (κ1) is 15.8. The predicted molar refractivity (Wildman–Crippen MR) is 80.0 cm³/mol. The highest BCUT2D eigenvalue weighted by molar-refractivity contribution is 5.41. The summed E-state index contributed by atoms with van der Waals surface area (Å²) in [5.74, 6) is 1.74. The van der Waals surface area contributed by atoms with Crippen LogP contribution < -0.4 is 15.2 Å². The van der Waals surface area contributed by atoms with Gasteiger partial charge in [-0.15, -0.1) is 0 Å². The summed E-state index contributed by atoms with van der Waals surface area (Å²) in [7, 11) is 1.67. The van der Waals surface area contributed by atoms with E-state index in [-0.39, 0.29) is 12.1 Å². The Bertz CT molecular complexity index is 375. The molecule has 0 aromatic heterocycles. The van der Waals surface area contributed by atoms with Gasteiger partial charge in [-0.3, -0.25) is 0 Å². The van der Waals surface area contributed by atoms with Gasteiger partial charge in [0.25, 0.3) is 0 Å². The number of hydrogen-bond donors (Lipinski definition) is 1. The average molecular weight is 265 g/mol. The molecule has 19 heavy (non-hydrogen) atoms. The Morgan fingerprint density at radius 3 is 2.32 bits per heavy atom. The van der Waals surface area contributed by atoms with Crippen molar-refractivity contribution in [2.75, 3.05) is 7.11 Å². The fourth-order valence-corrected chi connectivity index (χ4v) is 2.00. The molecule has 0 radical (unpaired) electrons. The van der Waals surface area contributed by atoms with Gasteiger partial charge in [-0.05, 0) is 37.3 Å². The lowest BCUT2D eigenvalue weighted by Crippen LogP contribution is -2.22. The van der Waals surface area contributed by atoms with Gasteiger partial charge in [-0.1, -0.05) is 26.8 Å². The summed E-state index contributed by atoms with van der Waals surface area (Å²) in [5.41, 5.74) is 7.22. The summed E-state index contributed by atoms with van der Waals surface area (Å²) in [4.78, 5) is 0. The van der Waals surface area contributed by atoms with Crippen molar-refractivity contribution >= 4 is 0 Å². The van der Waals surface area contributed by atoms with Crippen molar-refractivity contribution in [1.82, 2.24) is 0 Å². The Labute approximate surface area is 117 Å². The maximum Gasteiger partial charge on any atom is 0.126 e. The molecule has 1 aromatic rings. The normalized spacial score (nSPS) is 12.5. The molecule has 1 atom stereocenters. The van der Waals surface area contributed by atoms with E-state index < -0.39 is 0 Å². The van der Waals surface area contributed by atoms with Crippen molar-refractivity contribution in [2.45, 2.75) is 58.6 Å². The second-order valence-corrected chi connectivity index (χ2v) is 4.90. The lowest BCUT2D eigenvalue weighted by Gasteiger charge is -2.20. The first-order valence-electron chi connectivity index (χ1n) is 7.23. The highest BCUT2D eigenvalue weighted by atomic mass is 16.5. The first-order valence-corrected chi connectivity index (χ1v) is 7.23. The molecule has 0 saturated carbocycles. The van der Waals surface area contributed by atoms with Crippen molar-refractivity contribution in [1.29, 1.82) is 0 Å². The third kappa shape index (κ3) is 4.75. The van der Waals surface area contributed by atoms with E-state index in [1.165, 1.54) is 5.56 Å². The SMILES string of the molecule is CCC(N)Cc1ccc(OC)cc1OC(CC)CC. The van der Waals surface area contributed by atoms with Crippen LogP contribution in [0.1, 0.15) is 45.6 Å². The molecule has 1 rings (SSSR count). The van der Waals surface area contributed by atoms with E-state index in [1.807, 2.05) is 12.1 Å². The van der Waals surface area contributed by atoms with Crippen LogP contribution in [-0.2, 0) is 6.42 Å². The molecule has 0 bridgehead atoms. The summed E-state index contributed by atoms with van der Waals surface area (Å²) in [6, 6.07) is 6.18. The van der Waals surface area contributed by atoms with Gasteiger partial charge in [0.05, 0.1) is 13.2 Å². The second kappa shape index (κ2) is 8.05. The Kier molecular flexibility index (Phi) is 6.71. The van der Waals surface area contributed by atoms with Gasteiger partial charge in [0.1, 0.15) is 11.5 Å². The standard InChI is InChI=1S/C16H27NO2/c1-5-13(17)10-12-8-9-15(18-4)11-16(12)19-14(6-2)7-3/h8-9,11,13-14H,5-7,10,17H2,1-4H3. The minimum Gasteiger partial charge on any atom is -0.497 e. The predicted octanol–water partition coefficient (Wildman–Crippen LogP) is 3.54. The first-order chi connectivity index (χ1) is 9.14. The fourth-order valence-electron chi connectivity index (χ4n) is 2.00. The Hall–Kier alpha value is -1.22. The van der Waals surface area contributed by atoms with E-state index in [0.717, 1.165) is 37.2 Å². The Morgan fingerprint density at radius 2 is 1.79 bits per heavy atom. The number of rotatable bonds is 8. The molecule has 3 heteroatoms. The molecule has 0 aliphatic carbocycles. The molecule has 1 aromatic carbocycles. The molecule has 0 amide bonds. The number of nitrogens with two attached hydrogens (primary N) is 1. The molecule has 0 saturated heterocycles. The van der Waals surface area contributed by atoms with Gasteiger partial charge in [0.15, 0.2) is 0 Å². The fraction of sp³-hybridized carbons (Fsp3) is 0.625. The van der Waals surface area contributed by atoms with Gasteiger partial charge < -0.3 is 15.2 Å². The molecule has 0 aliphatic rings. The van der Waals surface area contributed by atoms with E-state index in [0.29, 0.717) is 0 Å². The Balaban J connectivity index is 2.94. The van der Waals surface area contributed by atoms with Crippen LogP contribution in [0, 0.1) is 0 Å². The van der Waals surface area contributed by atoms with Gasteiger partial charge in [-0.2, -0.15) is 0 Å². The van der Waals surface area contributed by atoms with Crippen molar-refractivity contribution in [3.8, 4) is 11.5 Å². The number of ether oxygens (including phenoxy) is 2. The minimum atomic E-state index is 0.178. The molecule has 0 heterocycles. The zero-order chi connectivity index (χ0) is 14.3. The van der Waals surface area contributed by atoms with Crippen molar-refractivity contribution in [3.05, 3.63) is 23.8 Å². The van der Waals surface area contributed by atoms with Crippen LogP contribution in [0.4, 0.5) is 0 Å². The molecular formula is C16H27NO2. The summed E-state index contributed by atoms with van der Waals surface area (Å²) < 4.78 is 11.4. The van der Waals surface area contributed by atoms with Gasteiger partial charge in [-0.25, -0.2) is 0 Å². The van der Waals surface area contributed by atoms with Crippen LogP contribution in [0.3, 0.4) is 0 Å². The molecule has 1 unspecified atom stereocenters. The van der Waals surface area contributed by atoms with Crippen molar-refractivity contribution in [3.63, 3.8) is 0 Å². The molecule has 0 spiro atoms. The van der Waals surface area contributed by atoms with E-state index in [9.17, 15) is 0 Å². The number of hydrogen-bond acceptors (Lipinski definition) is 3. The van der Waals surface area contributed by atoms with Gasteiger partial charge >= 0.3 is 0 Å². The van der Waals surface area contributed by atoms with E-state index in [1.54, 1.807) is 7.11 Å². The highest BCUT2D eigenvalue weighted by Gasteiger charge is 2.13. The van der Waals surface area contributed by atoms with Crippen LogP contribution in [0.15, 0.2) is 18.2 Å². The second-order valence-electron chi connectivity index (χ2n) is 4.90. The van der Waals surface area contributed by atoms with Crippen LogP contribution in [0.2, 0.25) is 0 Å². The maximum atomic E-state index is 6.10. The quantitative estimate of drug-likeness (QED) is 0.782. The summed E-state index contributed by atoms with van der Waals surface area (Å²) in [5, 5.41) is 0. The molecular weight excluding hydrogens is 238 g/mol. The zero-order valence-electron chi connectivity index (χ0n) is 12.6. The van der Waals surface area contributed by atoms with Crippen molar-refractivity contribution in [2.24, 2.45) is 5.73 Å². The van der Waals surface area contributed by atoms with Crippen LogP contribution >= 0.6 is 0 Å². The lowest BCUT2D eigenvalue weighted by atomic mass is 10.0. The van der Waals surface area contributed by atoms with Crippen LogP contribution in [0.5, 0.6) is 11.5 Å². The molecule has 2 N–H and O–H groups in total. The largest absolute Gasteiger partial charge is 0.497 e. The van der Waals surface area contributed by atoms with Gasteiger partial charge in [0.2, 0.25) is 0 Å². The Morgan fingerprint density at radius 1 is 1.11 bits per heavy atom. The minimum absolute atomic E-state index is 0.178. The average Bonchev–Trinajstić information content (AvgIpc) is 2.45. The third-order valence-electron chi connectivity index (χ3n) is 3.49. The third-order valence-corrected chi connectivity index (χ3v) is 3.49. The lowest BCUT2D eigenvalue weighted by molar-refractivity contribution is 0.190. The van der Waals surface area contributed by atoms with E-state index >= 15 is 0 Å². The number of methoxy groups -OCH3 is 1. The highest BCUT2D eigenvalue weighted by Crippen LogP contribution is 2.28. The number of benzene rings is 1. The monoisotopic (exact) mass is 265 g/mol. The molecule has 0 aliphatic heterocycles. The maximum absolute atomic E-state index is 6.10. The van der Waals surface area contributed by atoms with Gasteiger partial charge in [0, 0.05) is 12.1 Å². The van der Waals surface area contributed by atoms with Crippen LogP contribution in [0.25, 0.3) is 0 Å². The molecule has 3 nitrogen and oxygen atoms in total. The van der Waals surface area contributed by atoms with E-state index in [2.05, 4.69) is 26.8 Å². The smallest absolute Gasteiger partial charge is 0.126 e. The summed E-state index contributed by atoms with van der Waals surface area (Å²) in [6.07, 6.45) is 4.08. The molecule has 0 fully saturated rings. The molecule has 108 valence electrons. The van der Waals surface area contributed by atoms with Crippen molar-refractivity contribution < 1.29 is 9.47 Å². The summed E-state index contributed by atoms with van der Waals surface area (Å²) >= 11 is 0. The summed E-state index contributed by atoms with van der Waals surface area (Å²) in [6.45, 7) is 6.40. The van der Waals surface area contributed by atoms with E-state index in [4.69, 9.17) is 15.2 Å². The topological polar surface area (TPSA) is 44.5 Å². The van der Waals surface area contributed by atoms with Crippen LogP contribution in [-0.4, -0.2) is 19.3 Å².